The number of ether oxygens (including phenoxy) is 11. The van der Waals surface area contributed by atoms with Crippen LogP contribution < -0.4 is 4.74 Å². The van der Waals surface area contributed by atoms with Crippen molar-refractivity contribution in [1.82, 2.24) is 0 Å². The van der Waals surface area contributed by atoms with Gasteiger partial charge in [0.25, 0.3) is 0 Å². The summed E-state index contributed by atoms with van der Waals surface area (Å²) in [4.78, 5) is 135. The van der Waals surface area contributed by atoms with Gasteiger partial charge in [-0.15, -0.1) is 0 Å². The predicted octanol–water partition coefficient (Wildman–Crippen LogP) is 2.40. The van der Waals surface area contributed by atoms with Gasteiger partial charge in [-0.2, -0.15) is 0 Å². The first-order valence-electron chi connectivity index (χ1n) is 34.3. The second-order valence-electron chi connectivity index (χ2n) is 27.2. The van der Waals surface area contributed by atoms with Crippen LogP contribution in [0.3, 0.4) is 0 Å². The number of rotatable bonds is 5. The zero-order chi connectivity index (χ0) is 89.4. The van der Waals surface area contributed by atoms with Gasteiger partial charge in [-0.1, -0.05) is 0 Å². The molecule has 16 rings (SSSR count). The third kappa shape index (κ3) is 12.2. The molecule has 0 aliphatic carbocycles. The number of benzene rings is 9. The van der Waals surface area contributed by atoms with E-state index >= 15 is 19.2 Å². The van der Waals surface area contributed by atoms with E-state index in [2.05, 4.69) is 0 Å². The van der Waals surface area contributed by atoms with E-state index in [-0.39, 0.29) is 36.4 Å². The van der Waals surface area contributed by atoms with Crippen LogP contribution in [-0.2, 0) is 47.4 Å². The number of carbonyl (C=O) groups is 9. The van der Waals surface area contributed by atoms with E-state index in [4.69, 9.17) is 52.1 Å². The van der Waals surface area contributed by atoms with E-state index in [9.17, 15) is 167 Å². The van der Waals surface area contributed by atoms with Gasteiger partial charge in [0.1, 0.15) is 31.0 Å². The summed E-state index contributed by atoms with van der Waals surface area (Å²) in [6.07, 6.45) is -28.7. The molecular weight excluding hydrogens is 1670 g/mol. The van der Waals surface area contributed by atoms with E-state index in [0.717, 1.165) is 0 Å². The van der Waals surface area contributed by atoms with Crippen molar-refractivity contribution in [2.45, 2.75) is 61.2 Å². The Morgan fingerprint density at radius 1 is 0.285 bits per heavy atom. The standard InChI is InChI=1S/C75H50O48/c76-19-1-11-29(47(91)39(19)83)31-13(3-21(78)41(85)49(31)93)68(105)118-60(63-62-56(100)38-37(74(111)120-62)36(54(98)57(101)55(38)99)35-16(70(107)121-63)6-24(81)44(88)52(35)96)27(9-113-66(11)103)116-73(110)18-7-25(82)45(89)58(102)59(18)115-26-8-17-34(53(97)46(26)90)30-12(2-20(77)40(84)48(30)92)67(104)114-10-28-61(119-72(17)109)64-65(75(112)117-28)123-71(108)15-5-23(80)43(87)51(95)33(15)32-14(69(106)122-64)4-22(79)42(86)50(32)94/h1-8,27-28,56,60-65,75-102,112H,9-10H2/t27-,28-,56-,60-,61-,62+,63+,64+,65-,75?/m1/s1. The maximum absolute atomic E-state index is 15.6. The number of hydrogen-bond acceptors (Lipinski definition) is 48. The monoisotopic (exact) mass is 1720 g/mol. The third-order valence-corrected chi connectivity index (χ3v) is 20.3. The zero-order valence-electron chi connectivity index (χ0n) is 60.0. The van der Waals surface area contributed by atoms with Crippen molar-refractivity contribution in [1.29, 1.82) is 0 Å². The molecule has 7 heterocycles. The average molecular weight is 1720 g/mol. The maximum atomic E-state index is 15.6. The van der Waals surface area contributed by atoms with Crippen molar-refractivity contribution >= 4 is 53.7 Å². The Morgan fingerprint density at radius 3 is 1.01 bits per heavy atom. The van der Waals surface area contributed by atoms with Crippen LogP contribution in [0.4, 0.5) is 0 Å². The van der Waals surface area contributed by atoms with Crippen LogP contribution in [0.15, 0.2) is 48.5 Å². The molecule has 9 aromatic carbocycles. The van der Waals surface area contributed by atoms with Gasteiger partial charge in [0, 0.05) is 62.2 Å². The van der Waals surface area contributed by atoms with Crippen LogP contribution in [0, 0.1) is 0 Å². The van der Waals surface area contributed by atoms with Crippen LogP contribution in [0.25, 0.3) is 44.5 Å². The first-order valence-corrected chi connectivity index (χ1v) is 34.3. The van der Waals surface area contributed by atoms with Gasteiger partial charge in [0.15, 0.2) is 153 Å². The van der Waals surface area contributed by atoms with Crippen LogP contribution >= 0.6 is 0 Å². The Morgan fingerprint density at radius 2 is 0.593 bits per heavy atom. The topological polar surface area (TPSA) is 822 Å². The minimum atomic E-state index is -3.27. The van der Waals surface area contributed by atoms with E-state index < -0.39 is 389 Å². The summed E-state index contributed by atoms with van der Waals surface area (Å²) in [7, 11) is 0. The summed E-state index contributed by atoms with van der Waals surface area (Å²) in [6, 6.07) is 1.73. The number of aliphatic hydroxyl groups is 2. The fourth-order valence-corrected chi connectivity index (χ4v) is 14.5. The lowest BCUT2D eigenvalue weighted by atomic mass is 9.82. The summed E-state index contributed by atoms with van der Waals surface area (Å²) in [5.41, 5.74) is -24.3. The largest absolute Gasteiger partial charge is 0.504 e. The van der Waals surface area contributed by atoms with Crippen molar-refractivity contribution in [3.05, 3.63) is 104 Å². The van der Waals surface area contributed by atoms with Gasteiger partial charge >= 0.3 is 53.7 Å². The molecule has 48 heteroatoms. The Bertz CT molecular complexity index is 6340. The lowest BCUT2D eigenvalue weighted by Gasteiger charge is -2.43. The molecule has 0 radical (unpaired) electrons. The number of esters is 9. The van der Waals surface area contributed by atoms with Gasteiger partial charge in [-0.05, 0) is 36.4 Å². The summed E-state index contributed by atoms with van der Waals surface area (Å²) < 4.78 is 62.0. The number of fused-ring (bicyclic) bond motifs is 15. The van der Waals surface area contributed by atoms with E-state index in [1.54, 1.807) is 0 Å². The molecular formula is C75H50O48. The van der Waals surface area contributed by atoms with Gasteiger partial charge < -0.3 is 195 Å². The normalized spacial score (nSPS) is 20.9. The minimum absolute atomic E-state index is 0.0400. The number of phenols is 26. The molecule has 7 aliphatic heterocycles. The Balaban J connectivity index is 0.898. The van der Waals surface area contributed by atoms with Crippen molar-refractivity contribution in [3.8, 4) is 205 Å². The van der Waals surface area contributed by atoms with Gasteiger partial charge in [0.05, 0.1) is 44.5 Å². The van der Waals surface area contributed by atoms with Crippen LogP contribution in [-0.4, -0.2) is 265 Å². The fourth-order valence-electron chi connectivity index (χ4n) is 14.5. The number of phenolic OH excluding ortho intramolecular Hbond substituents is 26. The first kappa shape index (κ1) is 80.9. The molecule has 0 amide bonds. The zero-order valence-corrected chi connectivity index (χ0v) is 60.0. The molecule has 123 heavy (non-hydrogen) atoms. The van der Waals surface area contributed by atoms with E-state index in [1.165, 1.54) is 0 Å². The predicted molar refractivity (Wildman–Crippen MR) is 378 cm³/mol. The Kier molecular flexibility index (Phi) is 18.7. The Hall–Kier alpha value is -17.3. The summed E-state index contributed by atoms with van der Waals surface area (Å²) >= 11 is 0. The van der Waals surface area contributed by atoms with Gasteiger partial charge in [-0.25, -0.2) is 43.2 Å². The van der Waals surface area contributed by atoms with Gasteiger partial charge in [0.2, 0.25) is 57.5 Å². The summed E-state index contributed by atoms with van der Waals surface area (Å²) in [5, 5.41) is 316. The molecule has 1 saturated heterocycles. The van der Waals surface area contributed by atoms with E-state index in [0.29, 0.717) is 12.1 Å². The molecule has 7 aliphatic rings. The molecule has 10 atom stereocenters. The number of cyclic esters (lactones) is 3. The average Bonchev–Trinajstić information content (AvgIpc) is 0.720. The molecule has 48 nitrogen and oxygen atoms in total. The highest BCUT2D eigenvalue weighted by Crippen LogP contribution is 2.62. The highest BCUT2D eigenvalue weighted by atomic mass is 16.7. The molecule has 1 fully saturated rings. The smallest absolute Gasteiger partial charge is 0.342 e. The molecule has 1 unspecified atom stereocenters. The van der Waals surface area contributed by atoms with E-state index in [1.807, 2.05) is 0 Å². The lowest BCUT2D eigenvalue weighted by Crippen LogP contribution is -2.62. The highest BCUT2D eigenvalue weighted by Gasteiger charge is 2.58. The first-order chi connectivity index (χ1) is 57.9. The number of carbonyl (C=O) groups excluding carboxylic acids is 9. The molecule has 0 saturated carbocycles. The van der Waals surface area contributed by atoms with Crippen LogP contribution in [0.5, 0.6) is 161 Å². The molecule has 638 valence electrons. The molecule has 9 aromatic rings. The second kappa shape index (κ2) is 28.5. The fraction of sp³-hybridized carbons (Fsp3) is 0.160. The number of aromatic hydroxyl groups is 26. The quantitative estimate of drug-likeness (QED) is 0.0668. The van der Waals surface area contributed by atoms with Crippen molar-refractivity contribution in [2.75, 3.05) is 13.2 Å². The number of aliphatic hydroxyl groups excluding tert-OH is 2. The van der Waals surface area contributed by atoms with Crippen molar-refractivity contribution < 1.29 is 238 Å². The molecule has 4 bridgehead atoms. The lowest BCUT2D eigenvalue weighted by molar-refractivity contribution is -0.284. The minimum Gasteiger partial charge on any atom is -0.504 e. The highest BCUT2D eigenvalue weighted by molar-refractivity contribution is 6.14. The maximum Gasteiger partial charge on any atom is 0.342 e. The number of hydrogen-bond donors (Lipinski definition) is 28. The van der Waals surface area contributed by atoms with Gasteiger partial charge in [-0.3, -0.25) is 0 Å². The summed E-state index contributed by atoms with van der Waals surface area (Å²) in [6.45, 7) is -3.35. The summed E-state index contributed by atoms with van der Waals surface area (Å²) in [5.74, 6) is -64.3. The van der Waals surface area contributed by atoms with Crippen LogP contribution in [0.2, 0.25) is 0 Å². The molecule has 0 spiro atoms. The van der Waals surface area contributed by atoms with Crippen LogP contribution in [0.1, 0.15) is 105 Å². The molecule has 28 N–H and O–H groups in total. The van der Waals surface area contributed by atoms with Crippen molar-refractivity contribution in [2.24, 2.45) is 0 Å². The third-order valence-electron chi connectivity index (χ3n) is 20.3. The second-order valence-corrected chi connectivity index (χ2v) is 27.2. The van der Waals surface area contributed by atoms with Crippen molar-refractivity contribution in [3.63, 3.8) is 0 Å². The Labute approximate surface area is 673 Å². The molecule has 0 aromatic heterocycles. The SMILES string of the molecule is O=C(O[C@@H]1COC(=O)c2cc(O)c(O)c(O)c2-c2c(cc(O)c(O)c2O)C(=O)O[C@H]1[C@@H]1OC(=O)c2cc(O)c(O)c(O)c2-c2c(O)c(O)c(O)c3c2C(=O)O[C@H]1[C@@H]3O)c1cc(O)c(O)c(O)c1Oc1cc2c(c(O)c1O)-c1c(cc(O)c(O)c1O)C(=O)OC[C@H]1OC(O)[C@@H]3OC(=O)c4cc(O)c(O)c(O)c4-c4c(cc(O)c(O)c4O)C(=O)O[C@H]3[C@@H]1OC2=O.